The molecule has 0 unspecified atom stereocenters. The van der Waals surface area contributed by atoms with E-state index in [1.807, 2.05) is 0 Å². The summed E-state index contributed by atoms with van der Waals surface area (Å²) >= 11 is 0. The number of hydrogen-bond acceptors (Lipinski definition) is 6. The second-order valence-electron chi connectivity index (χ2n) is 8.41. The average Bonchev–Trinajstić information content (AvgIpc) is 2.94. The molecule has 0 saturated carbocycles. The molecule has 2 bridgehead atoms. The molecule has 0 atom stereocenters. The molecule has 0 N–H and O–H groups in total. The Morgan fingerprint density at radius 3 is 2.55 bits per heavy atom. The number of fused-ring (bicyclic) bond motifs is 2. The van der Waals surface area contributed by atoms with E-state index in [9.17, 15) is 19.3 Å². The number of rotatable bonds is 4. The first-order valence-electron chi connectivity index (χ1n) is 9.72. The highest BCUT2D eigenvalue weighted by Crippen LogP contribution is 2.41. The number of hydrogen-bond donors (Lipinski definition) is 0. The lowest BCUT2D eigenvalue weighted by atomic mass is 9.79. The molecule has 1 heterocycles. The lowest BCUT2D eigenvalue weighted by Gasteiger charge is -2.26. The van der Waals surface area contributed by atoms with Crippen LogP contribution in [0.15, 0.2) is 52.7 Å². The summed E-state index contributed by atoms with van der Waals surface area (Å²) in [5, 5.41) is 24.1. The minimum absolute atomic E-state index is 0.0349. The molecule has 1 aliphatic carbocycles. The third-order valence-electron chi connectivity index (χ3n) is 5.25. The van der Waals surface area contributed by atoms with Crippen molar-refractivity contribution in [1.82, 2.24) is 9.78 Å². The van der Waals surface area contributed by atoms with Crippen LogP contribution in [0.5, 0.6) is 0 Å². The first kappa shape index (κ1) is 20.5. The van der Waals surface area contributed by atoms with E-state index in [1.165, 1.54) is 35.0 Å². The Balaban J connectivity index is 1.74. The summed E-state index contributed by atoms with van der Waals surface area (Å²) in [4.78, 5) is 23.7. The molecule has 0 radical (unpaired) electrons. The summed E-state index contributed by atoms with van der Waals surface area (Å²) in [5.41, 5.74) is 2.78. The SMILES string of the molecule is Cc1ccc(N=Nc2c3nn(C(=O)c4ccc(F)cc4)c2CC(C)(C)C3)cc1[N+](=O)[O-]. The van der Waals surface area contributed by atoms with Gasteiger partial charge in [0.2, 0.25) is 0 Å². The second-order valence-corrected chi connectivity index (χ2v) is 8.41. The molecule has 1 aliphatic rings. The van der Waals surface area contributed by atoms with Gasteiger partial charge in [-0.2, -0.15) is 14.9 Å². The minimum Gasteiger partial charge on any atom is -0.267 e. The van der Waals surface area contributed by atoms with E-state index in [0.717, 1.165) is 0 Å². The molecular weight excluding hydrogens is 401 g/mol. The third kappa shape index (κ3) is 3.98. The number of nitro groups is 1. The zero-order valence-electron chi connectivity index (χ0n) is 17.3. The fourth-order valence-electron chi connectivity index (χ4n) is 3.70. The van der Waals surface area contributed by atoms with Gasteiger partial charge >= 0.3 is 0 Å². The number of carbonyl (C=O) groups is 1. The highest BCUT2D eigenvalue weighted by molar-refractivity contribution is 5.96. The van der Waals surface area contributed by atoms with Crippen molar-refractivity contribution in [3.05, 3.63) is 80.9 Å². The zero-order valence-corrected chi connectivity index (χ0v) is 17.3. The molecule has 4 rings (SSSR count). The summed E-state index contributed by atoms with van der Waals surface area (Å²) in [7, 11) is 0. The first-order chi connectivity index (χ1) is 14.6. The Morgan fingerprint density at radius 1 is 1.16 bits per heavy atom. The van der Waals surface area contributed by atoms with Crippen molar-refractivity contribution in [1.29, 1.82) is 0 Å². The van der Waals surface area contributed by atoms with Gasteiger partial charge in [-0.25, -0.2) is 4.39 Å². The largest absolute Gasteiger partial charge is 0.278 e. The van der Waals surface area contributed by atoms with Crippen LogP contribution in [0.3, 0.4) is 0 Å². The van der Waals surface area contributed by atoms with Gasteiger partial charge in [0.25, 0.3) is 11.6 Å². The molecule has 0 amide bonds. The standard InChI is InChI=1S/C22H20FN5O3/c1-13-4-9-16(10-18(13)28(30)31)24-25-20-17-11-22(2,3)12-19(20)27(26-17)21(29)14-5-7-15(23)8-6-14/h4-10H,11-12H2,1-3H3. The maximum Gasteiger partial charge on any atom is 0.278 e. The van der Waals surface area contributed by atoms with Crippen LogP contribution in [0.4, 0.5) is 21.5 Å². The second kappa shape index (κ2) is 7.50. The molecule has 9 heteroatoms. The number of carbonyl (C=O) groups excluding carboxylic acids is 1. The fourth-order valence-corrected chi connectivity index (χ4v) is 3.70. The number of halogens is 1. The molecule has 158 valence electrons. The molecule has 0 spiro atoms. The van der Waals surface area contributed by atoms with Gasteiger partial charge in [-0.05, 0) is 55.5 Å². The van der Waals surface area contributed by atoms with Crippen molar-refractivity contribution >= 4 is 23.0 Å². The van der Waals surface area contributed by atoms with Gasteiger partial charge in [-0.15, -0.1) is 5.11 Å². The normalized spacial score (nSPS) is 14.7. The van der Waals surface area contributed by atoms with Gasteiger partial charge in [0.05, 0.1) is 22.0 Å². The zero-order chi connectivity index (χ0) is 22.3. The highest BCUT2D eigenvalue weighted by Gasteiger charge is 2.35. The Morgan fingerprint density at radius 2 is 1.87 bits per heavy atom. The molecule has 1 aromatic heterocycles. The van der Waals surface area contributed by atoms with E-state index < -0.39 is 10.7 Å². The first-order valence-corrected chi connectivity index (χ1v) is 9.72. The number of benzene rings is 2. The molecule has 0 fully saturated rings. The molecule has 2 aromatic carbocycles. The van der Waals surface area contributed by atoms with E-state index in [-0.39, 0.29) is 17.0 Å². The maximum atomic E-state index is 13.2. The van der Waals surface area contributed by atoms with Gasteiger partial charge in [0.1, 0.15) is 11.5 Å². The van der Waals surface area contributed by atoms with Crippen molar-refractivity contribution < 1.29 is 14.1 Å². The fraction of sp³-hybridized carbons (Fsp3) is 0.273. The van der Waals surface area contributed by atoms with Crippen molar-refractivity contribution in [2.75, 3.05) is 0 Å². The van der Waals surface area contributed by atoms with Crippen molar-refractivity contribution in [3.8, 4) is 0 Å². The van der Waals surface area contributed by atoms with E-state index in [4.69, 9.17) is 0 Å². The Labute approximate surface area is 177 Å². The molecule has 0 saturated heterocycles. The highest BCUT2D eigenvalue weighted by atomic mass is 19.1. The molecule has 31 heavy (non-hydrogen) atoms. The Hall–Kier alpha value is -3.75. The summed E-state index contributed by atoms with van der Waals surface area (Å²) < 4.78 is 14.5. The lowest BCUT2D eigenvalue weighted by Crippen LogP contribution is -2.23. The van der Waals surface area contributed by atoms with Crippen LogP contribution in [0.1, 0.15) is 41.2 Å². The Bertz CT molecular complexity index is 1230. The van der Waals surface area contributed by atoms with E-state index in [2.05, 4.69) is 29.2 Å². The topological polar surface area (TPSA) is 103 Å². The number of nitrogens with zero attached hydrogens (tertiary/aromatic N) is 5. The Kier molecular flexibility index (Phi) is 4.96. The van der Waals surface area contributed by atoms with Gasteiger partial charge < -0.3 is 0 Å². The molecule has 3 aromatic rings. The van der Waals surface area contributed by atoms with Gasteiger partial charge in [0, 0.05) is 17.2 Å². The molecule has 8 nitrogen and oxygen atoms in total. The molecular formula is C22H20FN5O3. The predicted molar refractivity (Wildman–Crippen MR) is 112 cm³/mol. The van der Waals surface area contributed by atoms with Crippen LogP contribution >= 0.6 is 0 Å². The monoisotopic (exact) mass is 421 g/mol. The van der Waals surface area contributed by atoms with Gasteiger partial charge in [-0.3, -0.25) is 14.9 Å². The van der Waals surface area contributed by atoms with E-state index in [0.29, 0.717) is 46.7 Å². The van der Waals surface area contributed by atoms with Crippen molar-refractivity contribution in [2.45, 2.75) is 33.6 Å². The van der Waals surface area contributed by atoms with Gasteiger partial charge in [0.15, 0.2) is 0 Å². The maximum absolute atomic E-state index is 13.2. The van der Waals surface area contributed by atoms with E-state index in [1.54, 1.807) is 19.1 Å². The van der Waals surface area contributed by atoms with Crippen LogP contribution in [0.25, 0.3) is 0 Å². The number of aryl methyl sites for hydroxylation is 1. The quantitative estimate of drug-likeness (QED) is 0.317. The lowest BCUT2D eigenvalue weighted by molar-refractivity contribution is -0.385. The van der Waals surface area contributed by atoms with Crippen LogP contribution in [-0.2, 0) is 12.8 Å². The summed E-state index contributed by atoms with van der Waals surface area (Å²) in [6.07, 6.45) is 1.15. The average molecular weight is 421 g/mol. The van der Waals surface area contributed by atoms with Crippen LogP contribution in [0, 0.1) is 28.3 Å². The van der Waals surface area contributed by atoms with Crippen LogP contribution < -0.4 is 0 Å². The summed E-state index contributed by atoms with van der Waals surface area (Å²) in [6.45, 7) is 5.80. The van der Waals surface area contributed by atoms with Crippen molar-refractivity contribution in [2.24, 2.45) is 15.6 Å². The van der Waals surface area contributed by atoms with E-state index >= 15 is 0 Å². The van der Waals surface area contributed by atoms with Crippen molar-refractivity contribution in [3.63, 3.8) is 0 Å². The minimum atomic E-state index is -0.462. The number of nitro benzene ring substituents is 1. The number of azo groups is 1. The number of aromatic nitrogens is 2. The predicted octanol–water partition coefficient (Wildman–Crippen LogP) is 5.47. The third-order valence-corrected chi connectivity index (χ3v) is 5.25. The van der Waals surface area contributed by atoms with Crippen LogP contribution in [0.2, 0.25) is 0 Å². The summed E-state index contributed by atoms with van der Waals surface area (Å²) in [5.74, 6) is -0.800. The van der Waals surface area contributed by atoms with Crippen LogP contribution in [-0.4, -0.2) is 20.6 Å². The van der Waals surface area contributed by atoms with Gasteiger partial charge in [-0.1, -0.05) is 19.9 Å². The summed E-state index contributed by atoms with van der Waals surface area (Å²) in [6, 6.07) is 9.91. The smallest absolute Gasteiger partial charge is 0.267 e. The molecule has 0 aliphatic heterocycles.